The second-order valence-electron chi connectivity index (χ2n) is 0.895. The van der Waals surface area contributed by atoms with Crippen molar-refractivity contribution in [1.29, 1.82) is 0 Å². The molecule has 0 atom stereocenters. The smallest absolute Gasteiger partial charge is 0.185 e. The van der Waals surface area contributed by atoms with Gasteiger partial charge in [0.25, 0.3) is 0 Å². The molecule has 0 saturated carbocycles. The second kappa shape index (κ2) is 4.92. The van der Waals surface area contributed by atoms with Gasteiger partial charge in [-0.05, 0) is 6.92 Å². The van der Waals surface area contributed by atoms with Crippen molar-refractivity contribution in [2.75, 3.05) is 6.61 Å². The predicted octanol–water partition coefficient (Wildman–Crippen LogP) is 0.0534. The van der Waals surface area contributed by atoms with Gasteiger partial charge in [-0.2, -0.15) is 0 Å². The van der Waals surface area contributed by atoms with Gasteiger partial charge >= 0.3 is 0 Å². The van der Waals surface area contributed by atoms with Crippen molar-refractivity contribution in [3.63, 3.8) is 0 Å². The lowest BCUT2D eigenvalue weighted by molar-refractivity contribution is 0.366. The Hall–Kier alpha value is -0.0831. The lowest BCUT2D eigenvalue weighted by atomic mass is 10.9. The first kappa shape index (κ1) is 5.92. The van der Waals surface area contributed by atoms with E-state index in [9.17, 15) is 0 Å². The van der Waals surface area contributed by atoms with Gasteiger partial charge in [-0.15, -0.1) is 0 Å². The first-order valence-corrected chi connectivity index (χ1v) is 3.42. The first-order valence-electron chi connectivity index (χ1n) is 2.03. The van der Waals surface area contributed by atoms with Crippen LogP contribution in [0.4, 0.5) is 0 Å². The van der Waals surface area contributed by atoms with E-state index in [1.165, 1.54) is 0 Å². The summed E-state index contributed by atoms with van der Waals surface area (Å²) in [6.07, 6.45) is 0. The van der Waals surface area contributed by atoms with Gasteiger partial charge in [-0.3, -0.25) is 0 Å². The van der Waals surface area contributed by atoms with Crippen molar-refractivity contribution in [2.45, 2.75) is 6.92 Å². The van der Waals surface area contributed by atoms with Crippen molar-refractivity contribution in [3.05, 3.63) is 12.3 Å². The van der Waals surface area contributed by atoms with Gasteiger partial charge in [0.1, 0.15) is 0 Å². The van der Waals surface area contributed by atoms with E-state index in [2.05, 4.69) is 0 Å². The van der Waals surface area contributed by atoms with Crippen LogP contribution < -0.4 is 0 Å². The fraction of sp³-hybridized carbons (Fsp3) is 0.500. The van der Waals surface area contributed by atoms with Gasteiger partial charge in [0.2, 0.25) is 0 Å². The Kier molecular flexibility index (Phi) is 4.85. The van der Waals surface area contributed by atoms with Gasteiger partial charge in [0, 0.05) is 6.61 Å². The van der Waals surface area contributed by atoms with Crippen molar-refractivity contribution in [2.24, 2.45) is 0 Å². The minimum absolute atomic E-state index is 0.426. The summed E-state index contributed by atoms with van der Waals surface area (Å²) in [5, 5.41) is 0. The summed E-state index contributed by atoms with van der Waals surface area (Å²) < 4.78 is 4.94. The third-order valence-corrected chi connectivity index (χ3v) is 1.25. The van der Waals surface area contributed by atoms with Crippen LogP contribution in [0, 0.1) is 6.58 Å². The summed E-state index contributed by atoms with van der Waals surface area (Å²) in [5.74, 6) is 0. The topological polar surface area (TPSA) is 9.23 Å². The summed E-state index contributed by atoms with van der Waals surface area (Å²) >= 11 is 0. The SMILES string of the molecule is [CH]=C[SiH2]OCC. The normalized spacial score (nSPS) is 10.2. The average Bonchev–Trinajstić information content (AvgIpc) is 1.61. The quantitative estimate of drug-likeness (QED) is 0.360. The van der Waals surface area contributed by atoms with Crippen molar-refractivity contribution < 1.29 is 4.43 Å². The standard InChI is InChI=1S/C4H9OSi/c1-3-5-6-4-2/h2,4H,3,6H2,1H3. The Morgan fingerprint density at radius 1 is 2.00 bits per heavy atom. The molecule has 0 bridgehead atoms. The molecule has 0 aliphatic carbocycles. The van der Waals surface area contributed by atoms with Gasteiger partial charge in [-0.1, -0.05) is 12.3 Å². The van der Waals surface area contributed by atoms with Crippen molar-refractivity contribution in [3.8, 4) is 0 Å². The zero-order valence-electron chi connectivity index (χ0n) is 3.98. The van der Waals surface area contributed by atoms with Gasteiger partial charge in [0.15, 0.2) is 9.76 Å². The van der Waals surface area contributed by atoms with E-state index in [-0.39, 0.29) is 0 Å². The van der Waals surface area contributed by atoms with E-state index in [1.807, 2.05) is 6.92 Å². The molecule has 35 valence electrons. The molecule has 0 spiro atoms. The zero-order chi connectivity index (χ0) is 4.83. The molecule has 0 amide bonds. The molecule has 0 aliphatic rings. The lowest BCUT2D eigenvalue weighted by Crippen LogP contribution is -1.91. The predicted molar refractivity (Wildman–Crippen MR) is 29.0 cm³/mol. The van der Waals surface area contributed by atoms with Gasteiger partial charge < -0.3 is 4.43 Å². The van der Waals surface area contributed by atoms with Gasteiger partial charge in [-0.25, -0.2) is 0 Å². The zero-order valence-corrected chi connectivity index (χ0v) is 5.39. The maximum absolute atomic E-state index is 5.03. The van der Waals surface area contributed by atoms with Crippen LogP contribution in [0.5, 0.6) is 0 Å². The monoisotopic (exact) mass is 101 g/mol. The molecule has 0 aromatic carbocycles. The number of rotatable bonds is 3. The van der Waals surface area contributed by atoms with Crippen molar-refractivity contribution >= 4 is 9.76 Å². The summed E-state index contributed by atoms with van der Waals surface area (Å²) in [7, 11) is -0.426. The third kappa shape index (κ3) is 3.92. The van der Waals surface area contributed by atoms with Crippen LogP contribution in [0.15, 0.2) is 5.70 Å². The largest absolute Gasteiger partial charge is 0.419 e. The molecule has 6 heavy (non-hydrogen) atoms. The summed E-state index contributed by atoms with van der Waals surface area (Å²) in [4.78, 5) is 0. The van der Waals surface area contributed by atoms with Crippen LogP contribution in [0.2, 0.25) is 0 Å². The molecule has 0 unspecified atom stereocenters. The average molecular weight is 101 g/mol. The molecule has 0 saturated heterocycles. The fourth-order valence-corrected chi connectivity index (χ4v) is 0.558. The van der Waals surface area contributed by atoms with Crippen molar-refractivity contribution in [1.82, 2.24) is 0 Å². The lowest BCUT2D eigenvalue weighted by Gasteiger charge is -1.87. The minimum Gasteiger partial charge on any atom is -0.419 e. The maximum atomic E-state index is 5.03. The highest BCUT2D eigenvalue weighted by Crippen LogP contribution is 1.64. The molecule has 0 aliphatic heterocycles. The Morgan fingerprint density at radius 3 is 2.83 bits per heavy atom. The first-order chi connectivity index (χ1) is 2.91. The van der Waals surface area contributed by atoms with Crippen LogP contribution in [-0.4, -0.2) is 16.4 Å². The van der Waals surface area contributed by atoms with Crippen LogP contribution in [0.3, 0.4) is 0 Å². The molecular formula is C4H9OSi. The number of hydrogen-bond donors (Lipinski definition) is 0. The Labute approximate surface area is 41.0 Å². The highest BCUT2D eigenvalue weighted by Gasteiger charge is 1.70. The van der Waals surface area contributed by atoms with Crippen LogP contribution >= 0.6 is 0 Å². The van der Waals surface area contributed by atoms with E-state index in [1.54, 1.807) is 5.70 Å². The highest BCUT2D eigenvalue weighted by molar-refractivity contribution is 6.33. The molecule has 1 radical (unpaired) electrons. The van der Waals surface area contributed by atoms with E-state index in [0.717, 1.165) is 6.61 Å². The third-order valence-electron chi connectivity index (χ3n) is 0.418. The molecular weight excluding hydrogens is 92.1 g/mol. The highest BCUT2D eigenvalue weighted by atomic mass is 28.2. The van der Waals surface area contributed by atoms with E-state index >= 15 is 0 Å². The van der Waals surface area contributed by atoms with Gasteiger partial charge in [0.05, 0.1) is 0 Å². The summed E-state index contributed by atoms with van der Waals surface area (Å²) in [5.41, 5.74) is 1.63. The van der Waals surface area contributed by atoms with E-state index < -0.39 is 9.76 Å². The van der Waals surface area contributed by atoms with E-state index in [0.29, 0.717) is 0 Å². The fourth-order valence-electron chi connectivity index (χ4n) is 0.186. The Bertz CT molecular complexity index is 36.5. The molecule has 0 heterocycles. The molecule has 0 N–H and O–H groups in total. The van der Waals surface area contributed by atoms with E-state index in [4.69, 9.17) is 11.0 Å². The Morgan fingerprint density at radius 2 is 2.67 bits per heavy atom. The van der Waals surface area contributed by atoms with Crippen LogP contribution in [0.1, 0.15) is 6.92 Å². The molecule has 1 nitrogen and oxygen atoms in total. The maximum Gasteiger partial charge on any atom is 0.185 e. The van der Waals surface area contributed by atoms with Crippen LogP contribution in [-0.2, 0) is 4.43 Å². The summed E-state index contributed by atoms with van der Waals surface area (Å²) in [6.45, 7) is 7.80. The second-order valence-corrected chi connectivity index (χ2v) is 2.11. The molecule has 0 rings (SSSR count). The molecule has 2 heteroatoms. The molecule has 0 fully saturated rings. The Balaban J connectivity index is 2.49. The molecule has 0 aromatic heterocycles. The summed E-state index contributed by atoms with van der Waals surface area (Å²) in [6, 6.07) is 0. The molecule has 0 aromatic rings. The number of hydrogen-bond acceptors (Lipinski definition) is 1. The van der Waals surface area contributed by atoms with Crippen LogP contribution in [0.25, 0.3) is 0 Å². The minimum atomic E-state index is -0.426.